The fourth-order valence-electron chi connectivity index (χ4n) is 1.96. The van der Waals surface area contributed by atoms with Crippen molar-refractivity contribution in [2.75, 3.05) is 24.5 Å². The first-order valence-corrected chi connectivity index (χ1v) is 5.96. The Bertz CT molecular complexity index is 388. The van der Waals surface area contributed by atoms with Crippen molar-refractivity contribution in [3.63, 3.8) is 0 Å². The van der Waals surface area contributed by atoms with Crippen LogP contribution in [0.5, 0.6) is 0 Å². The maximum atomic E-state index is 11.1. The second-order valence-electron chi connectivity index (χ2n) is 4.20. The minimum Gasteiger partial charge on any atom is -0.357 e. The number of rotatable bonds is 4. The number of carbonyl (C=O) groups is 1. The van der Waals surface area contributed by atoms with Crippen molar-refractivity contribution >= 4 is 11.7 Å². The molecular weight excluding hydrogens is 216 g/mol. The van der Waals surface area contributed by atoms with E-state index < -0.39 is 0 Å². The van der Waals surface area contributed by atoms with Gasteiger partial charge in [0.2, 0.25) is 5.91 Å². The van der Waals surface area contributed by atoms with Gasteiger partial charge in [-0.2, -0.15) is 0 Å². The Morgan fingerprint density at radius 1 is 1.47 bits per heavy atom. The van der Waals surface area contributed by atoms with Crippen LogP contribution in [0.15, 0.2) is 18.3 Å². The standard InChI is InChI=1S/C12H18N4O/c13-8-12(17)15-9-10-3-4-14-11(7-10)16-5-1-2-6-16/h3-4,7H,1-2,5-6,8-9,13H2,(H,15,17). The van der Waals surface area contributed by atoms with E-state index in [1.54, 1.807) is 6.20 Å². The Kier molecular flexibility index (Phi) is 3.93. The number of anilines is 1. The Morgan fingerprint density at radius 2 is 2.24 bits per heavy atom. The summed E-state index contributed by atoms with van der Waals surface area (Å²) in [5.41, 5.74) is 6.29. The third-order valence-corrected chi connectivity index (χ3v) is 2.92. The van der Waals surface area contributed by atoms with Gasteiger partial charge in [0.1, 0.15) is 5.82 Å². The molecule has 0 unspecified atom stereocenters. The summed E-state index contributed by atoms with van der Waals surface area (Å²) in [5, 5.41) is 2.76. The highest BCUT2D eigenvalue weighted by atomic mass is 16.1. The molecule has 3 N–H and O–H groups in total. The van der Waals surface area contributed by atoms with E-state index in [9.17, 15) is 4.79 Å². The summed E-state index contributed by atoms with van der Waals surface area (Å²) in [6.45, 7) is 2.70. The monoisotopic (exact) mass is 234 g/mol. The van der Waals surface area contributed by atoms with Crippen LogP contribution in [0.3, 0.4) is 0 Å². The zero-order valence-electron chi connectivity index (χ0n) is 9.85. The van der Waals surface area contributed by atoms with Crippen LogP contribution in [-0.4, -0.2) is 30.5 Å². The molecule has 0 atom stereocenters. The van der Waals surface area contributed by atoms with Crippen LogP contribution in [0.1, 0.15) is 18.4 Å². The van der Waals surface area contributed by atoms with E-state index in [0.29, 0.717) is 6.54 Å². The number of nitrogens with one attached hydrogen (secondary N) is 1. The van der Waals surface area contributed by atoms with Crippen LogP contribution in [0.25, 0.3) is 0 Å². The average molecular weight is 234 g/mol. The van der Waals surface area contributed by atoms with E-state index in [0.717, 1.165) is 24.5 Å². The molecule has 1 aromatic heterocycles. The van der Waals surface area contributed by atoms with E-state index >= 15 is 0 Å². The zero-order valence-corrected chi connectivity index (χ0v) is 9.85. The molecule has 0 bridgehead atoms. The Hall–Kier alpha value is -1.62. The maximum Gasteiger partial charge on any atom is 0.234 e. The van der Waals surface area contributed by atoms with Crippen LogP contribution in [-0.2, 0) is 11.3 Å². The molecule has 0 saturated carbocycles. The molecule has 0 radical (unpaired) electrons. The van der Waals surface area contributed by atoms with Gasteiger partial charge in [0.15, 0.2) is 0 Å². The molecule has 5 heteroatoms. The first-order valence-electron chi connectivity index (χ1n) is 5.96. The molecule has 1 aliphatic heterocycles. The van der Waals surface area contributed by atoms with Gasteiger partial charge in [-0.05, 0) is 30.5 Å². The lowest BCUT2D eigenvalue weighted by Crippen LogP contribution is -2.29. The van der Waals surface area contributed by atoms with Crippen molar-refractivity contribution in [2.24, 2.45) is 5.73 Å². The summed E-state index contributed by atoms with van der Waals surface area (Å²) >= 11 is 0. The number of aromatic nitrogens is 1. The smallest absolute Gasteiger partial charge is 0.234 e. The number of carbonyl (C=O) groups excluding carboxylic acids is 1. The van der Waals surface area contributed by atoms with Crippen molar-refractivity contribution in [1.82, 2.24) is 10.3 Å². The summed E-state index contributed by atoms with van der Waals surface area (Å²) in [7, 11) is 0. The van der Waals surface area contributed by atoms with Gasteiger partial charge in [-0.1, -0.05) is 0 Å². The molecule has 1 saturated heterocycles. The molecule has 1 amide bonds. The zero-order chi connectivity index (χ0) is 12.1. The van der Waals surface area contributed by atoms with Gasteiger partial charge >= 0.3 is 0 Å². The van der Waals surface area contributed by atoms with Crippen LogP contribution in [0, 0.1) is 0 Å². The Balaban J connectivity index is 1.98. The topological polar surface area (TPSA) is 71.2 Å². The summed E-state index contributed by atoms with van der Waals surface area (Å²) in [6, 6.07) is 3.94. The lowest BCUT2D eigenvalue weighted by molar-refractivity contribution is -0.119. The van der Waals surface area contributed by atoms with Gasteiger partial charge in [0.25, 0.3) is 0 Å². The highest BCUT2D eigenvalue weighted by Crippen LogP contribution is 2.18. The molecule has 2 rings (SSSR count). The number of amides is 1. The molecule has 0 aliphatic carbocycles. The molecule has 0 spiro atoms. The normalized spacial score (nSPS) is 15.0. The van der Waals surface area contributed by atoms with Crippen LogP contribution in [0.2, 0.25) is 0 Å². The van der Waals surface area contributed by atoms with Gasteiger partial charge in [0, 0.05) is 25.8 Å². The molecule has 2 heterocycles. The molecule has 0 aromatic carbocycles. The molecule has 17 heavy (non-hydrogen) atoms. The van der Waals surface area contributed by atoms with E-state index in [2.05, 4.69) is 15.2 Å². The summed E-state index contributed by atoms with van der Waals surface area (Å²) in [4.78, 5) is 17.7. The molecule has 5 nitrogen and oxygen atoms in total. The first kappa shape index (κ1) is 11.9. The minimum absolute atomic E-state index is 0.0318. The van der Waals surface area contributed by atoms with Gasteiger partial charge in [-0.25, -0.2) is 4.98 Å². The van der Waals surface area contributed by atoms with E-state index in [4.69, 9.17) is 5.73 Å². The van der Waals surface area contributed by atoms with Crippen molar-refractivity contribution in [3.8, 4) is 0 Å². The van der Waals surface area contributed by atoms with Crippen LogP contribution in [0.4, 0.5) is 5.82 Å². The molecule has 92 valence electrons. The maximum absolute atomic E-state index is 11.1. The average Bonchev–Trinajstić information content (AvgIpc) is 2.90. The number of pyridine rings is 1. The fraction of sp³-hybridized carbons (Fsp3) is 0.500. The predicted octanol–water partition coefficient (Wildman–Crippen LogP) is 0.257. The largest absolute Gasteiger partial charge is 0.357 e. The summed E-state index contributed by atoms with van der Waals surface area (Å²) < 4.78 is 0. The van der Waals surface area contributed by atoms with E-state index in [-0.39, 0.29) is 12.5 Å². The number of nitrogens with two attached hydrogens (primary N) is 1. The van der Waals surface area contributed by atoms with Crippen molar-refractivity contribution in [2.45, 2.75) is 19.4 Å². The van der Waals surface area contributed by atoms with Crippen molar-refractivity contribution in [3.05, 3.63) is 23.9 Å². The minimum atomic E-state index is -0.135. The molecule has 1 aromatic rings. The summed E-state index contributed by atoms with van der Waals surface area (Å²) in [6.07, 6.45) is 4.25. The third kappa shape index (κ3) is 3.17. The third-order valence-electron chi connectivity index (χ3n) is 2.92. The highest BCUT2D eigenvalue weighted by molar-refractivity contribution is 5.77. The Labute approximate surface area is 101 Å². The van der Waals surface area contributed by atoms with Gasteiger partial charge in [-0.3, -0.25) is 4.79 Å². The number of nitrogens with zero attached hydrogens (tertiary/aromatic N) is 2. The molecule has 1 fully saturated rings. The van der Waals surface area contributed by atoms with Gasteiger partial charge in [-0.15, -0.1) is 0 Å². The first-order chi connectivity index (χ1) is 8.29. The quantitative estimate of drug-likeness (QED) is 0.783. The summed E-state index contributed by atoms with van der Waals surface area (Å²) in [5.74, 6) is 0.867. The SMILES string of the molecule is NCC(=O)NCc1ccnc(N2CCCC2)c1. The predicted molar refractivity (Wildman–Crippen MR) is 66.6 cm³/mol. The lowest BCUT2D eigenvalue weighted by Gasteiger charge is -2.16. The van der Waals surface area contributed by atoms with E-state index in [1.807, 2.05) is 12.1 Å². The number of hydrogen-bond donors (Lipinski definition) is 2. The lowest BCUT2D eigenvalue weighted by atomic mass is 10.2. The Morgan fingerprint density at radius 3 is 2.94 bits per heavy atom. The van der Waals surface area contributed by atoms with E-state index in [1.165, 1.54) is 12.8 Å². The van der Waals surface area contributed by atoms with Crippen LogP contribution >= 0.6 is 0 Å². The number of hydrogen-bond acceptors (Lipinski definition) is 4. The fourth-order valence-corrected chi connectivity index (χ4v) is 1.96. The van der Waals surface area contributed by atoms with Gasteiger partial charge < -0.3 is 16.0 Å². The second kappa shape index (κ2) is 5.63. The highest BCUT2D eigenvalue weighted by Gasteiger charge is 2.13. The van der Waals surface area contributed by atoms with Crippen molar-refractivity contribution < 1.29 is 4.79 Å². The molecular formula is C12H18N4O. The van der Waals surface area contributed by atoms with Gasteiger partial charge in [0.05, 0.1) is 6.54 Å². The van der Waals surface area contributed by atoms with Crippen molar-refractivity contribution in [1.29, 1.82) is 0 Å². The van der Waals surface area contributed by atoms with Crippen LogP contribution < -0.4 is 16.0 Å². The molecule has 1 aliphatic rings. The second-order valence-corrected chi connectivity index (χ2v) is 4.20.